The molecule has 146 valence electrons. The van der Waals surface area contributed by atoms with Crippen molar-refractivity contribution in [2.24, 2.45) is 4.99 Å². The van der Waals surface area contributed by atoms with Crippen molar-refractivity contribution < 1.29 is 22.8 Å². The first-order valence-electron chi connectivity index (χ1n) is 8.31. The van der Waals surface area contributed by atoms with Gasteiger partial charge in [-0.25, -0.2) is 4.99 Å². The largest absolute Gasteiger partial charge is 0.416 e. The molecule has 5 nitrogen and oxygen atoms in total. The van der Waals surface area contributed by atoms with Gasteiger partial charge in [-0.1, -0.05) is 36.0 Å². The maximum atomic E-state index is 12.8. The van der Waals surface area contributed by atoms with E-state index in [0.717, 1.165) is 29.5 Å². The summed E-state index contributed by atoms with van der Waals surface area (Å²) < 4.78 is 38.4. The van der Waals surface area contributed by atoms with Gasteiger partial charge in [0.1, 0.15) is 5.25 Å². The number of benzene rings is 2. The molecule has 2 N–H and O–H groups in total. The third-order valence-corrected chi connectivity index (χ3v) is 5.05. The van der Waals surface area contributed by atoms with Gasteiger partial charge in [-0.15, -0.1) is 0 Å². The molecule has 1 aliphatic heterocycles. The Bertz CT molecular complexity index is 944. The lowest BCUT2D eigenvalue weighted by Gasteiger charge is -2.09. The average Bonchev–Trinajstić information content (AvgIpc) is 2.95. The third kappa shape index (κ3) is 4.92. The molecule has 2 amide bonds. The highest BCUT2D eigenvalue weighted by molar-refractivity contribution is 8.15. The number of carbonyl (C=O) groups excluding carboxylic acids is 2. The summed E-state index contributed by atoms with van der Waals surface area (Å²) in [7, 11) is 0. The summed E-state index contributed by atoms with van der Waals surface area (Å²) in [4.78, 5) is 28.4. The van der Waals surface area contributed by atoms with Crippen LogP contribution in [0.1, 0.15) is 17.5 Å². The van der Waals surface area contributed by atoms with Crippen LogP contribution in [0.5, 0.6) is 0 Å². The van der Waals surface area contributed by atoms with E-state index in [1.807, 2.05) is 19.1 Å². The number of carbonyl (C=O) groups is 2. The number of halogens is 3. The van der Waals surface area contributed by atoms with Gasteiger partial charge in [0, 0.05) is 12.1 Å². The second kappa shape index (κ2) is 8.05. The number of anilines is 1. The molecule has 3 rings (SSSR count). The number of para-hydroxylation sites is 1. The van der Waals surface area contributed by atoms with Gasteiger partial charge in [0.2, 0.25) is 11.8 Å². The summed E-state index contributed by atoms with van der Waals surface area (Å²) >= 11 is 1.02. The lowest BCUT2D eigenvalue weighted by molar-refractivity contribution is -0.137. The van der Waals surface area contributed by atoms with Crippen molar-refractivity contribution >= 4 is 40.1 Å². The van der Waals surface area contributed by atoms with Crippen LogP contribution < -0.4 is 10.6 Å². The molecule has 1 saturated heterocycles. The van der Waals surface area contributed by atoms with Crippen LogP contribution in [-0.2, 0) is 15.8 Å². The van der Waals surface area contributed by atoms with Crippen molar-refractivity contribution in [2.75, 3.05) is 5.32 Å². The lowest BCUT2D eigenvalue weighted by atomic mass is 10.2. The zero-order valence-electron chi connectivity index (χ0n) is 14.7. The van der Waals surface area contributed by atoms with E-state index in [1.54, 1.807) is 12.1 Å². The molecule has 0 bridgehead atoms. The predicted octanol–water partition coefficient (Wildman–Crippen LogP) is 4.26. The maximum absolute atomic E-state index is 12.8. The standard InChI is InChI=1S/C19H16F3N3O2S/c1-11-5-2-3-8-14(11)24-16(26)10-15-17(27)25-18(28-15)23-13-7-4-6-12(9-13)19(20,21)22/h2-9,15H,10H2,1H3,(H,24,26)(H,23,25,27). The zero-order chi connectivity index (χ0) is 20.3. The first-order valence-corrected chi connectivity index (χ1v) is 9.19. The first-order chi connectivity index (χ1) is 13.2. The molecule has 1 heterocycles. The van der Waals surface area contributed by atoms with Crippen LogP contribution in [0.3, 0.4) is 0 Å². The molecule has 0 aromatic heterocycles. The van der Waals surface area contributed by atoms with Gasteiger partial charge < -0.3 is 10.6 Å². The Morgan fingerprint density at radius 3 is 2.68 bits per heavy atom. The van der Waals surface area contributed by atoms with Crippen molar-refractivity contribution in [1.82, 2.24) is 5.32 Å². The minimum atomic E-state index is -4.47. The highest BCUT2D eigenvalue weighted by atomic mass is 32.2. The minimum absolute atomic E-state index is 0.0719. The monoisotopic (exact) mass is 407 g/mol. The Labute approximate surface area is 163 Å². The Morgan fingerprint density at radius 1 is 1.21 bits per heavy atom. The van der Waals surface area contributed by atoms with Gasteiger partial charge in [0.15, 0.2) is 5.17 Å². The Morgan fingerprint density at radius 2 is 1.96 bits per heavy atom. The summed E-state index contributed by atoms with van der Waals surface area (Å²) in [5.41, 5.74) is 0.806. The average molecular weight is 407 g/mol. The Kier molecular flexibility index (Phi) is 5.73. The molecule has 0 saturated carbocycles. The summed E-state index contributed by atoms with van der Waals surface area (Å²) in [6.07, 6.45) is -4.55. The highest BCUT2D eigenvalue weighted by Gasteiger charge is 2.33. The van der Waals surface area contributed by atoms with E-state index in [4.69, 9.17) is 0 Å². The zero-order valence-corrected chi connectivity index (χ0v) is 15.5. The predicted molar refractivity (Wildman–Crippen MR) is 102 cm³/mol. The molecule has 0 spiro atoms. The smallest absolute Gasteiger partial charge is 0.326 e. The summed E-state index contributed by atoms with van der Waals surface area (Å²) in [6.45, 7) is 1.85. The normalized spacial score (nSPS) is 18.2. The SMILES string of the molecule is Cc1ccccc1NC(=O)CC1SC(=Nc2cccc(C(F)(F)F)c2)NC1=O. The van der Waals surface area contributed by atoms with E-state index in [-0.39, 0.29) is 23.2 Å². The number of amidine groups is 1. The van der Waals surface area contributed by atoms with Crippen molar-refractivity contribution in [3.05, 3.63) is 59.7 Å². The van der Waals surface area contributed by atoms with Gasteiger partial charge in [-0.05, 0) is 36.8 Å². The number of amides is 2. The molecule has 2 aromatic rings. The number of nitrogens with one attached hydrogen (secondary N) is 2. The molecular formula is C19H16F3N3O2S. The Hall–Kier alpha value is -2.81. The molecule has 1 aliphatic rings. The fraction of sp³-hybridized carbons (Fsp3) is 0.211. The number of aryl methyl sites for hydroxylation is 1. The van der Waals surface area contributed by atoms with Gasteiger partial charge in [-0.2, -0.15) is 13.2 Å². The number of hydrogen-bond donors (Lipinski definition) is 2. The van der Waals surface area contributed by atoms with Crippen LogP contribution in [0.4, 0.5) is 24.5 Å². The van der Waals surface area contributed by atoms with Crippen LogP contribution >= 0.6 is 11.8 Å². The number of alkyl halides is 3. The fourth-order valence-electron chi connectivity index (χ4n) is 2.54. The summed E-state index contributed by atoms with van der Waals surface area (Å²) in [5.74, 6) is -0.738. The second-order valence-corrected chi connectivity index (χ2v) is 7.32. The lowest BCUT2D eigenvalue weighted by Crippen LogP contribution is -2.28. The minimum Gasteiger partial charge on any atom is -0.326 e. The molecular weight excluding hydrogens is 391 g/mol. The molecule has 1 fully saturated rings. The number of hydrogen-bond acceptors (Lipinski definition) is 4. The molecule has 0 aliphatic carbocycles. The van der Waals surface area contributed by atoms with Crippen LogP contribution in [0, 0.1) is 6.92 Å². The van der Waals surface area contributed by atoms with E-state index in [1.165, 1.54) is 12.1 Å². The van der Waals surface area contributed by atoms with Crippen molar-refractivity contribution in [1.29, 1.82) is 0 Å². The van der Waals surface area contributed by atoms with E-state index < -0.39 is 22.9 Å². The first kappa shape index (κ1) is 19.9. The van der Waals surface area contributed by atoms with E-state index >= 15 is 0 Å². The number of nitrogens with zero attached hydrogens (tertiary/aromatic N) is 1. The van der Waals surface area contributed by atoms with Crippen molar-refractivity contribution in [3.8, 4) is 0 Å². The summed E-state index contributed by atoms with van der Waals surface area (Å²) in [6, 6.07) is 11.8. The van der Waals surface area contributed by atoms with Gasteiger partial charge in [-0.3, -0.25) is 9.59 Å². The topological polar surface area (TPSA) is 70.6 Å². The van der Waals surface area contributed by atoms with Crippen molar-refractivity contribution in [3.63, 3.8) is 0 Å². The highest BCUT2D eigenvalue weighted by Crippen LogP contribution is 2.32. The van der Waals surface area contributed by atoms with E-state index in [0.29, 0.717) is 5.69 Å². The quantitative estimate of drug-likeness (QED) is 0.796. The van der Waals surface area contributed by atoms with Crippen LogP contribution in [0.2, 0.25) is 0 Å². The number of thioether (sulfide) groups is 1. The van der Waals surface area contributed by atoms with Gasteiger partial charge in [0.25, 0.3) is 0 Å². The van der Waals surface area contributed by atoms with Crippen LogP contribution in [0.15, 0.2) is 53.5 Å². The Balaban J connectivity index is 1.66. The van der Waals surface area contributed by atoms with Crippen LogP contribution in [-0.4, -0.2) is 22.2 Å². The van der Waals surface area contributed by atoms with Crippen LogP contribution in [0.25, 0.3) is 0 Å². The third-order valence-electron chi connectivity index (χ3n) is 3.97. The molecule has 28 heavy (non-hydrogen) atoms. The summed E-state index contributed by atoms with van der Waals surface area (Å²) in [5, 5.41) is 4.72. The van der Waals surface area contributed by atoms with E-state index in [2.05, 4.69) is 15.6 Å². The van der Waals surface area contributed by atoms with Gasteiger partial charge in [0.05, 0.1) is 11.3 Å². The van der Waals surface area contributed by atoms with Gasteiger partial charge >= 0.3 is 6.18 Å². The molecule has 1 unspecified atom stereocenters. The second-order valence-electron chi connectivity index (χ2n) is 6.13. The molecule has 2 aromatic carbocycles. The fourth-order valence-corrected chi connectivity index (χ4v) is 3.53. The number of rotatable bonds is 4. The number of aliphatic imine (C=N–C) groups is 1. The molecule has 1 atom stereocenters. The molecule has 0 radical (unpaired) electrons. The van der Waals surface area contributed by atoms with Crippen molar-refractivity contribution in [2.45, 2.75) is 24.8 Å². The van der Waals surface area contributed by atoms with E-state index in [9.17, 15) is 22.8 Å². The maximum Gasteiger partial charge on any atom is 0.416 e. The molecule has 9 heteroatoms.